The predicted octanol–water partition coefficient (Wildman–Crippen LogP) is 4.42. The van der Waals surface area contributed by atoms with E-state index in [0.29, 0.717) is 17.6 Å². The van der Waals surface area contributed by atoms with Crippen molar-refractivity contribution < 1.29 is 4.42 Å². The summed E-state index contributed by atoms with van der Waals surface area (Å²) in [6, 6.07) is 7.93. The summed E-state index contributed by atoms with van der Waals surface area (Å²) in [5.41, 5.74) is 8.86. The number of nitrogens with zero attached hydrogens (tertiary/aromatic N) is 2. The van der Waals surface area contributed by atoms with Gasteiger partial charge in [0.15, 0.2) is 5.82 Å². The van der Waals surface area contributed by atoms with Crippen LogP contribution in [0.15, 0.2) is 33.2 Å². The quantitative estimate of drug-likeness (QED) is 0.747. The maximum absolute atomic E-state index is 6.06. The van der Waals surface area contributed by atoms with E-state index in [1.54, 1.807) is 0 Å². The molecule has 1 aliphatic carbocycles. The minimum Gasteiger partial charge on any atom is -0.461 e. The van der Waals surface area contributed by atoms with Crippen molar-refractivity contribution in [3.63, 3.8) is 0 Å². The Hall–Kier alpha value is -1.88. The van der Waals surface area contributed by atoms with Crippen molar-refractivity contribution in [1.82, 2.24) is 9.97 Å². The smallest absolute Gasteiger partial charge is 0.166 e. The van der Waals surface area contributed by atoms with E-state index < -0.39 is 0 Å². The minimum atomic E-state index is 0.492. The van der Waals surface area contributed by atoms with Crippen LogP contribution in [0.25, 0.3) is 22.4 Å². The molecule has 1 fully saturated rings. The molecule has 4 nitrogen and oxygen atoms in total. The topological polar surface area (TPSA) is 64.9 Å². The molecule has 1 saturated carbocycles. The van der Waals surface area contributed by atoms with Crippen LogP contribution in [0, 0.1) is 6.92 Å². The summed E-state index contributed by atoms with van der Waals surface area (Å²) in [6.07, 6.45) is 2.33. The summed E-state index contributed by atoms with van der Waals surface area (Å²) in [5.74, 6) is 2.47. The lowest BCUT2D eigenvalue weighted by Crippen LogP contribution is -2.02. The van der Waals surface area contributed by atoms with Crippen molar-refractivity contribution in [3.05, 3.63) is 40.2 Å². The Morgan fingerprint density at radius 2 is 2.00 bits per heavy atom. The van der Waals surface area contributed by atoms with E-state index in [1.807, 2.05) is 31.2 Å². The average Bonchev–Trinajstić information content (AvgIpc) is 3.24. The van der Waals surface area contributed by atoms with Gasteiger partial charge < -0.3 is 10.2 Å². The molecule has 1 aromatic carbocycles. The molecule has 0 bridgehead atoms. The van der Waals surface area contributed by atoms with Gasteiger partial charge in [0.25, 0.3) is 0 Å². The second-order valence-corrected chi connectivity index (χ2v) is 6.23. The fraction of sp³-hybridized carbons (Fsp3) is 0.250. The van der Waals surface area contributed by atoms with Crippen LogP contribution in [-0.2, 0) is 0 Å². The number of hydrogen-bond donors (Lipinski definition) is 1. The number of rotatable bonds is 2. The van der Waals surface area contributed by atoms with Crippen LogP contribution in [-0.4, -0.2) is 9.97 Å². The van der Waals surface area contributed by atoms with E-state index in [4.69, 9.17) is 15.1 Å². The number of aryl methyl sites for hydroxylation is 1. The number of furan rings is 1. The summed E-state index contributed by atoms with van der Waals surface area (Å²) in [7, 11) is 0. The third kappa shape index (κ3) is 2.03. The lowest BCUT2D eigenvalue weighted by atomic mass is 10.1. The molecule has 0 unspecified atom stereocenters. The molecular weight excluding hydrogens is 330 g/mol. The molecule has 0 atom stereocenters. The fourth-order valence-electron chi connectivity index (χ4n) is 2.67. The normalized spacial score (nSPS) is 14.8. The first kappa shape index (κ1) is 12.8. The molecule has 21 heavy (non-hydrogen) atoms. The molecular formula is C16H14BrN3O. The average molecular weight is 344 g/mol. The van der Waals surface area contributed by atoms with E-state index in [-0.39, 0.29) is 0 Å². The van der Waals surface area contributed by atoms with Crippen molar-refractivity contribution in [3.8, 4) is 11.4 Å². The van der Waals surface area contributed by atoms with E-state index in [2.05, 4.69) is 20.9 Å². The number of aromatic nitrogens is 2. The maximum Gasteiger partial charge on any atom is 0.166 e. The highest BCUT2D eigenvalue weighted by atomic mass is 79.9. The Bertz CT molecular complexity index is 852. The van der Waals surface area contributed by atoms with E-state index in [9.17, 15) is 0 Å². The lowest BCUT2D eigenvalue weighted by Gasteiger charge is -2.08. The molecule has 2 heterocycles. The summed E-state index contributed by atoms with van der Waals surface area (Å²) in [6.45, 7) is 1.94. The fourth-order valence-corrected chi connectivity index (χ4v) is 3.17. The number of hydrogen-bond acceptors (Lipinski definition) is 4. The Balaban J connectivity index is 1.98. The van der Waals surface area contributed by atoms with Crippen LogP contribution >= 0.6 is 15.9 Å². The molecule has 0 saturated heterocycles. The second-order valence-electron chi connectivity index (χ2n) is 5.44. The number of anilines is 1. The summed E-state index contributed by atoms with van der Waals surface area (Å²) in [4.78, 5) is 9.21. The van der Waals surface area contributed by atoms with Gasteiger partial charge >= 0.3 is 0 Å². The Morgan fingerprint density at radius 3 is 2.76 bits per heavy atom. The first-order valence-corrected chi connectivity index (χ1v) is 7.76. The van der Waals surface area contributed by atoms with Gasteiger partial charge in [-0.05, 0) is 41.8 Å². The van der Waals surface area contributed by atoms with Crippen molar-refractivity contribution in [2.45, 2.75) is 25.7 Å². The van der Waals surface area contributed by atoms with Gasteiger partial charge in [0.2, 0.25) is 0 Å². The zero-order chi connectivity index (χ0) is 14.6. The molecule has 0 spiro atoms. The standard InChI is InChI=1S/C16H14BrN3O/c1-8-12(10-4-2-3-5-11(10)21-8)16-19-14(9-6-7-9)13(17)15(18)20-16/h2-5,9H,6-7H2,1H3,(H2,18,19,20). The molecule has 3 aromatic rings. The van der Waals surface area contributed by atoms with Crippen LogP contribution < -0.4 is 5.73 Å². The highest BCUT2D eigenvalue weighted by Gasteiger charge is 2.30. The van der Waals surface area contributed by atoms with Gasteiger partial charge in [-0.3, -0.25) is 0 Å². The van der Waals surface area contributed by atoms with Crippen LogP contribution in [0.3, 0.4) is 0 Å². The van der Waals surface area contributed by atoms with E-state index in [1.165, 1.54) is 12.8 Å². The highest BCUT2D eigenvalue weighted by molar-refractivity contribution is 9.10. The van der Waals surface area contributed by atoms with Gasteiger partial charge in [-0.25, -0.2) is 9.97 Å². The molecule has 2 N–H and O–H groups in total. The summed E-state index contributed by atoms with van der Waals surface area (Å²) < 4.78 is 6.64. The molecule has 2 aromatic heterocycles. The molecule has 0 aliphatic heterocycles. The molecule has 0 amide bonds. The molecule has 4 rings (SSSR count). The molecule has 5 heteroatoms. The van der Waals surface area contributed by atoms with Crippen molar-refractivity contribution in [2.75, 3.05) is 5.73 Å². The second kappa shape index (κ2) is 4.56. The van der Waals surface area contributed by atoms with E-state index >= 15 is 0 Å². The van der Waals surface area contributed by atoms with Gasteiger partial charge in [0.05, 0.1) is 15.7 Å². The highest BCUT2D eigenvalue weighted by Crippen LogP contribution is 2.44. The Kier molecular flexibility index (Phi) is 2.79. The number of fused-ring (bicyclic) bond motifs is 1. The van der Waals surface area contributed by atoms with Gasteiger partial charge in [-0.2, -0.15) is 0 Å². The van der Waals surface area contributed by atoms with E-state index in [0.717, 1.165) is 32.5 Å². The summed E-state index contributed by atoms with van der Waals surface area (Å²) >= 11 is 3.51. The SMILES string of the molecule is Cc1oc2ccccc2c1-c1nc(N)c(Br)c(C2CC2)n1. The zero-order valence-electron chi connectivity index (χ0n) is 11.6. The number of halogens is 1. The summed E-state index contributed by atoms with van der Waals surface area (Å²) in [5, 5.41) is 1.03. The first-order valence-electron chi connectivity index (χ1n) is 6.96. The largest absolute Gasteiger partial charge is 0.461 e. The predicted molar refractivity (Wildman–Crippen MR) is 86.1 cm³/mol. The number of para-hydroxylation sites is 1. The molecule has 0 radical (unpaired) electrons. The van der Waals surface area contributed by atoms with Gasteiger partial charge in [0.1, 0.15) is 17.2 Å². The third-order valence-electron chi connectivity index (χ3n) is 3.86. The van der Waals surface area contributed by atoms with Gasteiger partial charge in [-0.15, -0.1) is 0 Å². The van der Waals surface area contributed by atoms with Crippen LogP contribution in [0.5, 0.6) is 0 Å². The lowest BCUT2D eigenvalue weighted by molar-refractivity contribution is 0.579. The third-order valence-corrected chi connectivity index (χ3v) is 4.67. The first-order chi connectivity index (χ1) is 10.1. The van der Waals surface area contributed by atoms with Gasteiger partial charge in [-0.1, -0.05) is 18.2 Å². The number of nitrogens with two attached hydrogens (primary N) is 1. The van der Waals surface area contributed by atoms with Crippen LogP contribution in [0.1, 0.15) is 30.2 Å². The van der Waals surface area contributed by atoms with Crippen molar-refractivity contribution in [1.29, 1.82) is 0 Å². The Labute approximate surface area is 130 Å². The molecule has 106 valence electrons. The van der Waals surface area contributed by atoms with Crippen LogP contribution in [0.4, 0.5) is 5.82 Å². The monoisotopic (exact) mass is 343 g/mol. The zero-order valence-corrected chi connectivity index (χ0v) is 13.1. The minimum absolute atomic E-state index is 0.492. The van der Waals surface area contributed by atoms with Crippen molar-refractivity contribution in [2.24, 2.45) is 0 Å². The van der Waals surface area contributed by atoms with Crippen molar-refractivity contribution >= 4 is 32.7 Å². The number of nitrogen functional groups attached to an aromatic ring is 1. The maximum atomic E-state index is 6.06. The Morgan fingerprint density at radius 1 is 1.24 bits per heavy atom. The van der Waals surface area contributed by atoms with Gasteiger partial charge in [0, 0.05) is 11.3 Å². The van der Waals surface area contributed by atoms with Crippen LogP contribution in [0.2, 0.25) is 0 Å². The number of benzene rings is 1. The molecule has 1 aliphatic rings.